The molecule has 0 bridgehead atoms. The lowest BCUT2D eigenvalue weighted by atomic mass is 9.88. The number of hydrogen-bond donors (Lipinski definition) is 3. The van der Waals surface area contributed by atoms with Gasteiger partial charge < -0.3 is 5.41 Å². The molecule has 0 heterocycles. The van der Waals surface area contributed by atoms with E-state index in [1.54, 1.807) is 11.6 Å². The predicted octanol–water partition coefficient (Wildman–Crippen LogP) is 4.15. The van der Waals surface area contributed by atoms with E-state index in [4.69, 9.17) is 10.6 Å². The van der Waals surface area contributed by atoms with Gasteiger partial charge in [0.1, 0.15) is 0 Å². The first-order valence-electron chi connectivity index (χ1n) is 7.77. The van der Waals surface area contributed by atoms with Crippen LogP contribution in [0.5, 0.6) is 0 Å². The van der Waals surface area contributed by atoms with E-state index in [0.717, 1.165) is 36.1 Å². The van der Waals surface area contributed by atoms with E-state index in [1.807, 2.05) is 24.3 Å². The summed E-state index contributed by atoms with van der Waals surface area (Å²) in [5.74, 6) is 0.228. The van der Waals surface area contributed by atoms with Crippen molar-refractivity contribution in [2.45, 2.75) is 46.0 Å². The summed E-state index contributed by atoms with van der Waals surface area (Å²) in [6.07, 6.45) is 5.72. The van der Waals surface area contributed by atoms with Gasteiger partial charge in [0.2, 0.25) is 0 Å². The minimum Gasteiger partial charge on any atom is -0.309 e. The first kappa shape index (κ1) is 18.1. The van der Waals surface area contributed by atoms with E-state index in [2.05, 4.69) is 20.8 Å². The molecule has 0 aromatic heterocycles. The van der Waals surface area contributed by atoms with Crippen LogP contribution < -0.4 is 5.48 Å². The number of hydroxylamine groups is 1. The normalized spacial score (nSPS) is 12.6. The number of hydrogen-bond acceptors (Lipinski definition) is 3. The van der Waals surface area contributed by atoms with Gasteiger partial charge >= 0.3 is 0 Å². The summed E-state index contributed by atoms with van der Waals surface area (Å²) in [6, 6.07) is 7.87. The highest BCUT2D eigenvalue weighted by molar-refractivity contribution is 5.91. The third-order valence-corrected chi connectivity index (χ3v) is 3.70. The van der Waals surface area contributed by atoms with E-state index in [0.29, 0.717) is 5.92 Å². The van der Waals surface area contributed by atoms with Gasteiger partial charge in [-0.2, -0.15) is 0 Å². The molecule has 1 aromatic rings. The molecule has 1 atom stereocenters. The molecule has 4 nitrogen and oxygen atoms in total. The van der Waals surface area contributed by atoms with Crippen molar-refractivity contribution < 1.29 is 10.0 Å². The van der Waals surface area contributed by atoms with Gasteiger partial charge in [0.05, 0.1) is 0 Å². The van der Waals surface area contributed by atoms with Crippen LogP contribution in [-0.4, -0.2) is 16.8 Å². The summed E-state index contributed by atoms with van der Waals surface area (Å²) in [7, 11) is 0. The van der Waals surface area contributed by atoms with Crippen molar-refractivity contribution in [3.63, 3.8) is 0 Å². The highest BCUT2D eigenvalue weighted by atomic mass is 16.5. The average Bonchev–Trinajstić information content (AvgIpc) is 2.52. The Morgan fingerprint density at radius 1 is 1.32 bits per heavy atom. The van der Waals surface area contributed by atoms with Crippen molar-refractivity contribution in [1.29, 1.82) is 5.41 Å². The lowest BCUT2D eigenvalue weighted by molar-refractivity contribution is -0.124. The summed E-state index contributed by atoms with van der Waals surface area (Å²) in [4.78, 5) is 10.9. The van der Waals surface area contributed by atoms with Crippen molar-refractivity contribution >= 4 is 17.7 Å². The Kier molecular flexibility index (Phi) is 7.54. The molecule has 1 unspecified atom stereocenters. The van der Waals surface area contributed by atoms with E-state index < -0.39 is 5.91 Å². The Morgan fingerprint density at radius 2 is 1.95 bits per heavy atom. The van der Waals surface area contributed by atoms with Gasteiger partial charge in [-0.1, -0.05) is 45.0 Å². The van der Waals surface area contributed by atoms with E-state index >= 15 is 0 Å². The van der Waals surface area contributed by atoms with Crippen LogP contribution in [0.1, 0.15) is 57.1 Å². The standard InChI is InChI=1S/C18H26N2O2/c1-4-16(17(19)11-5-13(2)3)15-9-6-14(7-10-15)8-12-18(21)20-22/h6-10,12-13,16,19,22H,4-5,11H2,1-3H3,(H,20,21)/b12-8+,19-17?. The first-order chi connectivity index (χ1) is 10.5. The van der Waals surface area contributed by atoms with Crippen LogP contribution in [0.4, 0.5) is 0 Å². The van der Waals surface area contributed by atoms with Gasteiger partial charge in [-0.25, -0.2) is 5.48 Å². The maximum Gasteiger partial charge on any atom is 0.267 e. The fraction of sp³-hybridized carbons (Fsp3) is 0.444. The zero-order chi connectivity index (χ0) is 16.5. The smallest absolute Gasteiger partial charge is 0.267 e. The number of rotatable bonds is 8. The quantitative estimate of drug-likeness (QED) is 0.292. The van der Waals surface area contributed by atoms with Gasteiger partial charge in [0, 0.05) is 17.7 Å². The minimum atomic E-state index is -0.550. The molecule has 0 aliphatic rings. The van der Waals surface area contributed by atoms with Crippen LogP contribution in [-0.2, 0) is 4.79 Å². The molecule has 120 valence electrons. The van der Waals surface area contributed by atoms with Crippen LogP contribution in [0, 0.1) is 11.3 Å². The summed E-state index contributed by atoms with van der Waals surface area (Å²) in [5.41, 5.74) is 4.37. The SMILES string of the molecule is CCC(C(=N)CCC(C)C)c1ccc(/C=C/C(=O)NO)cc1. The highest BCUT2D eigenvalue weighted by Crippen LogP contribution is 2.24. The van der Waals surface area contributed by atoms with Crippen LogP contribution in [0.15, 0.2) is 30.3 Å². The molecule has 0 aliphatic carbocycles. The van der Waals surface area contributed by atoms with Crippen molar-refractivity contribution in [2.75, 3.05) is 0 Å². The first-order valence-corrected chi connectivity index (χ1v) is 7.77. The Morgan fingerprint density at radius 3 is 2.45 bits per heavy atom. The Bertz CT molecular complexity index is 518. The molecule has 3 N–H and O–H groups in total. The molecule has 0 radical (unpaired) electrons. The molecule has 0 aliphatic heterocycles. The van der Waals surface area contributed by atoms with Gasteiger partial charge in [0.25, 0.3) is 5.91 Å². The molecular formula is C18H26N2O2. The van der Waals surface area contributed by atoms with Crippen LogP contribution in [0.25, 0.3) is 6.08 Å². The molecule has 0 spiro atoms. The number of nitrogens with one attached hydrogen (secondary N) is 2. The highest BCUT2D eigenvalue weighted by Gasteiger charge is 2.15. The lowest BCUT2D eigenvalue weighted by Crippen LogP contribution is -2.14. The molecular weight excluding hydrogens is 276 g/mol. The van der Waals surface area contributed by atoms with Crippen molar-refractivity contribution in [3.05, 3.63) is 41.5 Å². The average molecular weight is 302 g/mol. The Labute approximate surface area is 132 Å². The molecule has 1 amide bonds. The van der Waals surface area contributed by atoms with E-state index in [1.165, 1.54) is 6.08 Å². The molecule has 0 fully saturated rings. The third-order valence-electron chi connectivity index (χ3n) is 3.70. The second-order valence-electron chi connectivity index (χ2n) is 5.89. The third kappa shape index (κ3) is 5.82. The zero-order valence-corrected chi connectivity index (χ0v) is 13.6. The molecule has 1 rings (SSSR count). The largest absolute Gasteiger partial charge is 0.309 e. The van der Waals surface area contributed by atoms with Crippen LogP contribution in [0.2, 0.25) is 0 Å². The molecule has 1 aromatic carbocycles. The summed E-state index contributed by atoms with van der Waals surface area (Å²) in [5, 5.41) is 16.7. The van der Waals surface area contributed by atoms with Crippen molar-refractivity contribution in [3.8, 4) is 0 Å². The minimum absolute atomic E-state index is 0.164. The topological polar surface area (TPSA) is 73.2 Å². The van der Waals surface area contributed by atoms with E-state index in [9.17, 15) is 4.79 Å². The Hall–Kier alpha value is -1.94. The number of amides is 1. The van der Waals surface area contributed by atoms with Crippen molar-refractivity contribution in [2.24, 2.45) is 5.92 Å². The van der Waals surface area contributed by atoms with Gasteiger partial charge in [0.15, 0.2) is 0 Å². The van der Waals surface area contributed by atoms with E-state index in [-0.39, 0.29) is 5.92 Å². The predicted molar refractivity (Wildman–Crippen MR) is 90.2 cm³/mol. The summed E-state index contributed by atoms with van der Waals surface area (Å²) >= 11 is 0. The number of benzene rings is 1. The monoisotopic (exact) mass is 302 g/mol. The van der Waals surface area contributed by atoms with Gasteiger partial charge in [-0.15, -0.1) is 0 Å². The summed E-state index contributed by atoms with van der Waals surface area (Å²) in [6.45, 7) is 6.46. The second kappa shape index (κ2) is 9.15. The molecule has 0 saturated carbocycles. The Balaban J connectivity index is 2.76. The van der Waals surface area contributed by atoms with Crippen LogP contribution in [0.3, 0.4) is 0 Å². The molecule has 22 heavy (non-hydrogen) atoms. The number of carbonyl (C=O) groups is 1. The maximum atomic E-state index is 10.9. The fourth-order valence-electron chi connectivity index (χ4n) is 2.35. The van der Waals surface area contributed by atoms with Gasteiger partial charge in [-0.3, -0.25) is 10.0 Å². The molecule has 0 saturated heterocycles. The number of carbonyl (C=O) groups excluding carboxylic acids is 1. The fourth-order valence-corrected chi connectivity index (χ4v) is 2.35. The molecule has 4 heteroatoms. The zero-order valence-electron chi connectivity index (χ0n) is 13.6. The summed E-state index contributed by atoms with van der Waals surface area (Å²) < 4.78 is 0. The van der Waals surface area contributed by atoms with Crippen molar-refractivity contribution in [1.82, 2.24) is 5.48 Å². The van der Waals surface area contributed by atoms with Crippen LogP contribution >= 0.6 is 0 Å². The second-order valence-corrected chi connectivity index (χ2v) is 5.89. The van der Waals surface area contributed by atoms with Gasteiger partial charge in [-0.05, 0) is 42.4 Å². The lowest BCUT2D eigenvalue weighted by Gasteiger charge is -2.18. The maximum absolute atomic E-state index is 10.9.